The van der Waals surface area contributed by atoms with Gasteiger partial charge >= 0.3 is 0 Å². The van der Waals surface area contributed by atoms with Gasteiger partial charge < -0.3 is 10.3 Å². The summed E-state index contributed by atoms with van der Waals surface area (Å²) in [6, 6.07) is 10.5. The lowest BCUT2D eigenvalue weighted by Crippen LogP contribution is -2.35. The number of rotatable bonds is 3. The van der Waals surface area contributed by atoms with Crippen molar-refractivity contribution >= 4 is 10.9 Å². The molecule has 1 aromatic carbocycles. The van der Waals surface area contributed by atoms with Crippen molar-refractivity contribution in [3.8, 4) is 0 Å². The molecule has 1 heterocycles. The van der Waals surface area contributed by atoms with Crippen molar-refractivity contribution in [2.75, 3.05) is 0 Å². The first-order chi connectivity index (χ1) is 8.33. The van der Waals surface area contributed by atoms with E-state index in [1.54, 1.807) is 0 Å². The Morgan fingerprint density at radius 1 is 1.29 bits per heavy atom. The van der Waals surface area contributed by atoms with Gasteiger partial charge in [-0.2, -0.15) is 0 Å². The minimum absolute atomic E-state index is 0.0236. The predicted molar refractivity (Wildman–Crippen MR) is 69.0 cm³/mol. The maximum Gasteiger partial charge on any atom is 0.252 e. The van der Waals surface area contributed by atoms with E-state index < -0.39 is 0 Å². The fourth-order valence-corrected chi connectivity index (χ4v) is 2.19. The number of para-hydroxylation sites is 1. The molecule has 1 aliphatic rings. The van der Waals surface area contributed by atoms with Crippen LogP contribution in [0.15, 0.2) is 35.1 Å². The second kappa shape index (κ2) is 4.34. The molecule has 2 aromatic rings. The molecule has 3 rings (SSSR count). The summed E-state index contributed by atoms with van der Waals surface area (Å²) in [5, 5.41) is 4.52. The Morgan fingerprint density at radius 2 is 2.12 bits per heavy atom. The molecule has 1 saturated carbocycles. The van der Waals surface area contributed by atoms with Crippen LogP contribution in [-0.4, -0.2) is 11.0 Å². The highest BCUT2D eigenvalue weighted by Crippen LogP contribution is 2.18. The summed E-state index contributed by atoms with van der Waals surface area (Å²) in [5.41, 5.74) is 1.76. The number of nitrogens with one attached hydrogen (secondary N) is 2. The number of pyridine rings is 1. The lowest BCUT2D eigenvalue weighted by atomic mass is 9.93. The fourth-order valence-electron chi connectivity index (χ4n) is 2.19. The van der Waals surface area contributed by atoms with Gasteiger partial charge in [-0.05, 0) is 30.4 Å². The van der Waals surface area contributed by atoms with Gasteiger partial charge in [0.15, 0.2) is 0 Å². The van der Waals surface area contributed by atoms with Crippen molar-refractivity contribution in [2.45, 2.75) is 31.8 Å². The minimum atomic E-state index is 0.0236. The quantitative estimate of drug-likeness (QED) is 0.845. The molecule has 0 aliphatic heterocycles. The van der Waals surface area contributed by atoms with E-state index in [0.717, 1.165) is 16.5 Å². The summed E-state index contributed by atoms with van der Waals surface area (Å²) in [7, 11) is 0. The van der Waals surface area contributed by atoms with Crippen LogP contribution in [0.1, 0.15) is 24.8 Å². The number of hydrogen-bond acceptors (Lipinski definition) is 2. The molecular weight excluding hydrogens is 212 g/mol. The van der Waals surface area contributed by atoms with E-state index in [1.807, 2.05) is 30.3 Å². The Kier molecular flexibility index (Phi) is 2.69. The molecule has 0 bridgehead atoms. The van der Waals surface area contributed by atoms with Gasteiger partial charge in [0.25, 0.3) is 5.56 Å². The fraction of sp³-hybridized carbons (Fsp3) is 0.357. The van der Waals surface area contributed by atoms with Gasteiger partial charge in [0.2, 0.25) is 0 Å². The SMILES string of the molecule is O=c1[nH]c2ccccc2cc1CNC1CCC1. The van der Waals surface area contributed by atoms with Crippen molar-refractivity contribution in [3.05, 3.63) is 46.2 Å². The molecule has 1 aliphatic carbocycles. The molecule has 0 radical (unpaired) electrons. The Hall–Kier alpha value is -1.61. The highest BCUT2D eigenvalue weighted by molar-refractivity contribution is 5.78. The average molecular weight is 228 g/mol. The topological polar surface area (TPSA) is 44.9 Å². The van der Waals surface area contributed by atoms with Crippen LogP contribution in [0.4, 0.5) is 0 Å². The molecule has 0 amide bonds. The monoisotopic (exact) mass is 228 g/mol. The van der Waals surface area contributed by atoms with Crippen molar-refractivity contribution in [3.63, 3.8) is 0 Å². The lowest BCUT2D eigenvalue weighted by Gasteiger charge is -2.26. The third kappa shape index (κ3) is 2.11. The van der Waals surface area contributed by atoms with E-state index in [0.29, 0.717) is 12.6 Å². The summed E-state index contributed by atoms with van der Waals surface area (Å²) in [6.45, 7) is 0.671. The lowest BCUT2D eigenvalue weighted by molar-refractivity contribution is 0.338. The van der Waals surface area contributed by atoms with E-state index in [2.05, 4.69) is 10.3 Å². The number of fused-ring (bicyclic) bond motifs is 1. The molecule has 88 valence electrons. The molecule has 1 fully saturated rings. The van der Waals surface area contributed by atoms with Crippen LogP contribution >= 0.6 is 0 Å². The normalized spacial score (nSPS) is 16.0. The second-order valence-electron chi connectivity index (χ2n) is 4.72. The summed E-state index contributed by atoms with van der Waals surface area (Å²) in [4.78, 5) is 14.8. The molecule has 3 heteroatoms. The predicted octanol–water partition coefficient (Wildman–Crippen LogP) is 2.17. The molecule has 2 N–H and O–H groups in total. The van der Waals surface area contributed by atoms with Crippen LogP contribution in [0.5, 0.6) is 0 Å². The van der Waals surface area contributed by atoms with Crippen LogP contribution in [-0.2, 0) is 6.54 Å². The highest BCUT2D eigenvalue weighted by atomic mass is 16.1. The Labute approximate surface area is 99.9 Å². The maximum absolute atomic E-state index is 11.9. The molecule has 0 spiro atoms. The minimum Gasteiger partial charge on any atom is -0.322 e. The molecule has 1 aromatic heterocycles. The molecule has 3 nitrogen and oxygen atoms in total. The first kappa shape index (κ1) is 10.5. The number of aromatic amines is 1. The number of benzene rings is 1. The molecule has 0 unspecified atom stereocenters. The van der Waals surface area contributed by atoms with E-state index in [1.165, 1.54) is 19.3 Å². The molecule has 0 atom stereocenters. The summed E-state index contributed by atoms with van der Waals surface area (Å²) in [5.74, 6) is 0. The standard InChI is InChI=1S/C14H16N2O/c17-14-11(9-15-12-5-3-6-12)8-10-4-1-2-7-13(10)16-14/h1-2,4,7-8,12,15H,3,5-6,9H2,(H,16,17). The number of hydrogen-bond donors (Lipinski definition) is 2. The van der Waals surface area contributed by atoms with Crippen molar-refractivity contribution in [2.24, 2.45) is 0 Å². The van der Waals surface area contributed by atoms with Gasteiger partial charge in [-0.1, -0.05) is 24.6 Å². The highest BCUT2D eigenvalue weighted by Gasteiger charge is 2.16. The molecule has 17 heavy (non-hydrogen) atoms. The van der Waals surface area contributed by atoms with Crippen molar-refractivity contribution < 1.29 is 0 Å². The molecular formula is C14H16N2O. The van der Waals surface area contributed by atoms with Gasteiger partial charge in [0.1, 0.15) is 0 Å². The summed E-state index contributed by atoms with van der Waals surface area (Å²) >= 11 is 0. The third-order valence-corrected chi connectivity index (χ3v) is 3.52. The third-order valence-electron chi connectivity index (χ3n) is 3.52. The van der Waals surface area contributed by atoms with Gasteiger partial charge in [0.05, 0.1) is 0 Å². The van der Waals surface area contributed by atoms with Crippen LogP contribution in [0.25, 0.3) is 10.9 Å². The van der Waals surface area contributed by atoms with E-state index in [-0.39, 0.29) is 5.56 Å². The zero-order valence-corrected chi connectivity index (χ0v) is 9.70. The van der Waals surface area contributed by atoms with E-state index >= 15 is 0 Å². The van der Waals surface area contributed by atoms with E-state index in [4.69, 9.17) is 0 Å². The van der Waals surface area contributed by atoms with Gasteiger partial charge in [-0.15, -0.1) is 0 Å². The van der Waals surface area contributed by atoms with Crippen LogP contribution in [0, 0.1) is 0 Å². The second-order valence-corrected chi connectivity index (χ2v) is 4.72. The van der Waals surface area contributed by atoms with Crippen LogP contribution in [0.2, 0.25) is 0 Å². The zero-order valence-electron chi connectivity index (χ0n) is 9.70. The van der Waals surface area contributed by atoms with Crippen LogP contribution in [0.3, 0.4) is 0 Å². The van der Waals surface area contributed by atoms with Crippen molar-refractivity contribution in [1.29, 1.82) is 0 Å². The number of H-pyrrole nitrogens is 1. The first-order valence-corrected chi connectivity index (χ1v) is 6.17. The zero-order chi connectivity index (χ0) is 11.7. The maximum atomic E-state index is 11.9. The van der Waals surface area contributed by atoms with Gasteiger partial charge in [-0.25, -0.2) is 0 Å². The first-order valence-electron chi connectivity index (χ1n) is 6.17. The summed E-state index contributed by atoms with van der Waals surface area (Å²) < 4.78 is 0. The number of aromatic nitrogens is 1. The van der Waals surface area contributed by atoms with Gasteiger partial charge in [-0.3, -0.25) is 4.79 Å². The van der Waals surface area contributed by atoms with Crippen LogP contribution < -0.4 is 10.9 Å². The smallest absolute Gasteiger partial charge is 0.252 e. The Morgan fingerprint density at radius 3 is 2.88 bits per heavy atom. The van der Waals surface area contributed by atoms with E-state index in [9.17, 15) is 4.79 Å². The Balaban J connectivity index is 1.87. The van der Waals surface area contributed by atoms with Gasteiger partial charge in [0, 0.05) is 23.7 Å². The average Bonchev–Trinajstić information content (AvgIpc) is 2.27. The summed E-state index contributed by atoms with van der Waals surface area (Å²) in [6.07, 6.45) is 3.79. The van der Waals surface area contributed by atoms with Crippen molar-refractivity contribution in [1.82, 2.24) is 10.3 Å². The Bertz CT molecular complexity index is 584. The molecule has 0 saturated heterocycles. The largest absolute Gasteiger partial charge is 0.322 e.